The summed E-state index contributed by atoms with van der Waals surface area (Å²) in [7, 11) is 2.95. The molecule has 2 N–H and O–H groups in total. The van der Waals surface area contributed by atoms with Crippen molar-refractivity contribution in [2.24, 2.45) is 18.9 Å². The van der Waals surface area contributed by atoms with Crippen LogP contribution in [0, 0.1) is 24.2 Å². The molecule has 3 saturated heterocycles. The van der Waals surface area contributed by atoms with Crippen molar-refractivity contribution in [2.75, 3.05) is 57.2 Å². The predicted octanol–water partition coefficient (Wildman–Crippen LogP) is 6.60. The fraction of sp³-hybridized carbons (Fsp3) is 0.534. The molecule has 4 aliphatic rings. The number of thioether (sulfide) groups is 1. The van der Waals surface area contributed by atoms with Crippen LogP contribution >= 0.6 is 11.8 Å². The maximum Gasteiger partial charge on any atom is 0.416 e. The van der Waals surface area contributed by atoms with Gasteiger partial charge in [0.05, 0.1) is 62.0 Å². The number of fused-ring (bicyclic) bond motifs is 1. The zero-order chi connectivity index (χ0) is 60.2. The molecule has 7 atom stereocenters. The van der Waals surface area contributed by atoms with Gasteiger partial charge in [-0.25, -0.2) is 14.6 Å². The van der Waals surface area contributed by atoms with Gasteiger partial charge in [0.2, 0.25) is 6.29 Å². The first-order chi connectivity index (χ1) is 39.2. The quantitative estimate of drug-likeness (QED) is 0.0251. The molecular formula is C58H70F3N8O13S+. The second-order valence-corrected chi connectivity index (χ2v) is 23.8. The topological polar surface area (TPSA) is 238 Å². The molecule has 2 aromatic carbocycles. The lowest BCUT2D eigenvalue weighted by Gasteiger charge is -2.44. The number of anilines is 1. The number of benzene rings is 2. The second kappa shape index (κ2) is 25.3. The van der Waals surface area contributed by atoms with E-state index in [4.69, 9.17) is 44.6 Å². The van der Waals surface area contributed by atoms with Crippen molar-refractivity contribution in [3.63, 3.8) is 0 Å². The van der Waals surface area contributed by atoms with Gasteiger partial charge >= 0.3 is 30.2 Å². The van der Waals surface area contributed by atoms with Gasteiger partial charge < -0.3 is 52.8 Å². The monoisotopic (exact) mass is 1180 g/mol. The lowest BCUT2D eigenvalue weighted by Crippen LogP contribution is -2.60. The van der Waals surface area contributed by atoms with Crippen molar-refractivity contribution in [1.29, 1.82) is 0 Å². The number of hydrogen-bond donors (Lipinski definition) is 2. The number of amides is 3. The summed E-state index contributed by atoms with van der Waals surface area (Å²) < 4.78 is 88.1. The lowest BCUT2D eigenvalue weighted by molar-refractivity contribution is -0.960. The molecule has 21 nitrogen and oxygen atoms in total. The summed E-state index contributed by atoms with van der Waals surface area (Å²) in [5, 5.41) is 14.3. The largest absolute Gasteiger partial charge is 0.467 e. The number of likely N-dealkylation sites (tertiary alicyclic amines) is 1. The number of ether oxygens (including phenoxy) is 7. The molecule has 6 heterocycles. The summed E-state index contributed by atoms with van der Waals surface area (Å²) in [6, 6.07) is 11.0. The molecule has 2 aromatic heterocycles. The number of nitrogens with zero attached hydrogens (tertiary/aromatic N) is 6. The Morgan fingerprint density at radius 1 is 0.976 bits per heavy atom. The number of alkyl carbamates (subject to hydrolysis) is 1. The Morgan fingerprint density at radius 2 is 1.69 bits per heavy atom. The number of piperidine rings is 1. The molecule has 446 valence electrons. The Labute approximate surface area is 483 Å². The average Bonchev–Trinajstić information content (AvgIpc) is 2.32. The van der Waals surface area contributed by atoms with Crippen LogP contribution in [0.4, 0.5) is 23.8 Å². The Hall–Kier alpha value is -7.27. The molecule has 4 aliphatic heterocycles. The number of carbonyl (C=O) groups excluding carboxylic acids is 6. The zero-order valence-corrected chi connectivity index (χ0v) is 48.7. The number of aromatic nitrogens is 4. The minimum atomic E-state index is -4.86. The number of hydrogen-bond acceptors (Lipinski definition) is 17. The third kappa shape index (κ3) is 14.4. The smallest absolute Gasteiger partial charge is 0.416 e. The van der Waals surface area contributed by atoms with E-state index in [-0.39, 0.29) is 76.9 Å². The van der Waals surface area contributed by atoms with Gasteiger partial charge in [0.15, 0.2) is 12.2 Å². The molecule has 83 heavy (non-hydrogen) atoms. The maximum absolute atomic E-state index is 15.5. The van der Waals surface area contributed by atoms with Crippen LogP contribution in [0.15, 0.2) is 53.8 Å². The van der Waals surface area contributed by atoms with Gasteiger partial charge in [0.25, 0.3) is 11.8 Å². The van der Waals surface area contributed by atoms with E-state index in [0.717, 1.165) is 32.6 Å². The molecular weight excluding hydrogens is 1110 g/mol. The molecule has 4 aromatic rings. The van der Waals surface area contributed by atoms with E-state index >= 15 is 13.2 Å². The Balaban J connectivity index is 1.14. The number of carbonyl (C=O) groups is 6. The average molecular weight is 1180 g/mol. The maximum atomic E-state index is 15.5. The van der Waals surface area contributed by atoms with Crippen molar-refractivity contribution < 1.29 is 79.6 Å². The van der Waals surface area contributed by atoms with E-state index in [1.54, 1.807) is 52.2 Å². The summed E-state index contributed by atoms with van der Waals surface area (Å²) in [4.78, 5) is 85.7. The van der Waals surface area contributed by atoms with Crippen LogP contribution in [0.5, 0.6) is 5.75 Å². The third-order valence-electron chi connectivity index (χ3n) is 15.0. The molecule has 3 amide bonds. The number of rotatable bonds is 19. The number of pyridine rings is 1. The molecule has 3 fully saturated rings. The van der Waals surface area contributed by atoms with Crippen molar-refractivity contribution in [1.82, 2.24) is 30.4 Å². The van der Waals surface area contributed by atoms with Gasteiger partial charge in [0, 0.05) is 68.4 Å². The van der Waals surface area contributed by atoms with Gasteiger partial charge in [-0.2, -0.15) is 13.2 Å². The van der Waals surface area contributed by atoms with Gasteiger partial charge in [-0.1, -0.05) is 19.8 Å². The van der Waals surface area contributed by atoms with Crippen molar-refractivity contribution in [3.05, 3.63) is 93.6 Å². The van der Waals surface area contributed by atoms with E-state index in [1.165, 1.54) is 28.8 Å². The van der Waals surface area contributed by atoms with Gasteiger partial charge in [-0.15, -0.1) is 28.4 Å². The fourth-order valence-corrected chi connectivity index (χ4v) is 11.8. The molecule has 0 saturated carbocycles. The number of halogens is 3. The molecule has 0 bridgehead atoms. The minimum absolute atomic E-state index is 0.00378. The highest BCUT2D eigenvalue weighted by atomic mass is 32.2. The van der Waals surface area contributed by atoms with Gasteiger partial charge in [-0.3, -0.25) is 24.1 Å². The van der Waals surface area contributed by atoms with E-state index in [9.17, 15) is 28.8 Å². The first kappa shape index (κ1) is 61.8. The molecule has 8 rings (SSSR count). The van der Waals surface area contributed by atoms with E-state index in [2.05, 4.69) is 26.8 Å². The van der Waals surface area contributed by atoms with Crippen LogP contribution in [0.3, 0.4) is 0 Å². The lowest BCUT2D eigenvalue weighted by atomic mass is 9.76. The van der Waals surface area contributed by atoms with Crippen LogP contribution < -0.4 is 20.3 Å². The number of nitrogens with one attached hydrogen (secondary N) is 2. The molecule has 0 radical (unpaired) electrons. The molecule has 0 aliphatic carbocycles. The van der Waals surface area contributed by atoms with E-state index in [0.29, 0.717) is 67.7 Å². The number of methoxy groups -OCH3 is 1. The van der Waals surface area contributed by atoms with E-state index < -0.39 is 89.1 Å². The summed E-state index contributed by atoms with van der Waals surface area (Å²) in [6.45, 7) is 12.0. The van der Waals surface area contributed by atoms with Crippen LogP contribution in [0.25, 0.3) is 0 Å². The predicted molar refractivity (Wildman–Crippen MR) is 293 cm³/mol. The highest BCUT2D eigenvalue weighted by Gasteiger charge is 2.52. The standard InChI is InChI=1S/C58H69F3N8O13S/c1-11-36-14-13-19-69(27-36,29-38-21-40-42(43(22-38)58(59,60)61)26-68(52(40)73)45-23-39(24-47(65-45)83-12-2)57(30-77-31-57)25-46-66-64-32-67(46)9)28-37-15-16-44(41(20-37)51(72)62-17-18-63-55(75)82-56(6,7)8)80-54-49(79-35(5)71)33(3)48(78-34(4)70)50(81-54)53(74)76-10/h1,15-16,20-24,32-33,36,48-50,54H,12-14,17-19,25-31H2,2-10H3,(H-,62,63,72,75)/p+1/t33-,36-,48-,49+,50-,54+,69?/m0/s1. The van der Waals surface area contributed by atoms with Crippen LogP contribution in [0.2, 0.25) is 0 Å². The summed E-state index contributed by atoms with van der Waals surface area (Å²) in [5.41, 5.74) is -1.05. The Morgan fingerprint density at radius 3 is 2.31 bits per heavy atom. The van der Waals surface area contributed by atoms with Gasteiger partial charge in [-0.05, 0) is 93.0 Å². The Kier molecular flexibility index (Phi) is 18.8. The molecule has 1 unspecified atom stereocenters. The molecule has 0 spiro atoms. The first-order valence-corrected chi connectivity index (χ1v) is 28.3. The highest BCUT2D eigenvalue weighted by Crippen LogP contribution is 2.44. The van der Waals surface area contributed by atoms with Gasteiger partial charge in [0.1, 0.15) is 48.5 Å². The fourth-order valence-electron chi connectivity index (χ4n) is 11.2. The number of alkyl halides is 3. The SMILES string of the molecule is C#C[C@H]1CCC[N+](Cc2ccc(O[C@@H]3O[C@H](C(=O)OC)[C@@H](OC(C)=O)[C@H](C)[C@H]3OC(C)=O)c(C(=O)NCCNC(=O)OC(C)(C)C)c2)(Cc2cc3c(c(C(F)(F)F)c2)CN(c2cc(C4(Cc5nncn5C)COC4)cc(SCC)n2)C3=O)C1. The normalized spacial score (nSPS) is 23.0. The summed E-state index contributed by atoms with van der Waals surface area (Å²) in [5.74, 6) is -0.667. The number of esters is 3. The third-order valence-corrected chi connectivity index (χ3v) is 15.8. The number of terminal acetylenes is 1. The first-order valence-electron chi connectivity index (χ1n) is 27.3. The number of aryl methyl sites for hydroxylation is 1. The highest BCUT2D eigenvalue weighted by molar-refractivity contribution is 7.99. The zero-order valence-electron chi connectivity index (χ0n) is 47.9. The second-order valence-electron chi connectivity index (χ2n) is 22.5. The summed E-state index contributed by atoms with van der Waals surface area (Å²) in [6.07, 6.45) is -1.90. The van der Waals surface area contributed by atoms with Crippen molar-refractivity contribution in [2.45, 2.75) is 134 Å². The van der Waals surface area contributed by atoms with E-state index in [1.807, 2.05) is 24.6 Å². The van der Waals surface area contributed by atoms with Crippen molar-refractivity contribution in [3.8, 4) is 18.1 Å². The summed E-state index contributed by atoms with van der Waals surface area (Å²) >= 11 is 1.45. The number of quaternary nitrogens is 1. The van der Waals surface area contributed by atoms with Crippen molar-refractivity contribution >= 4 is 53.4 Å². The Bertz CT molecular complexity index is 3160. The van der Waals surface area contributed by atoms with Crippen LogP contribution in [-0.4, -0.2) is 143 Å². The van der Waals surface area contributed by atoms with Crippen LogP contribution in [-0.2, 0) is 87.5 Å². The van der Waals surface area contributed by atoms with Crippen LogP contribution in [0.1, 0.15) is 116 Å². The minimum Gasteiger partial charge on any atom is -0.467 e. The molecule has 25 heteroatoms.